The first-order chi connectivity index (χ1) is 15.3. The summed E-state index contributed by atoms with van der Waals surface area (Å²) in [6, 6.07) is 14.1. The SMILES string of the molecule is O=C(c1nn(-c2ccc3c(c2)OCCO3)c2c1CSc1ccccc1-2)N1CCOCC1. The van der Waals surface area contributed by atoms with Crippen molar-refractivity contribution in [1.82, 2.24) is 14.7 Å². The van der Waals surface area contributed by atoms with E-state index in [-0.39, 0.29) is 5.91 Å². The summed E-state index contributed by atoms with van der Waals surface area (Å²) < 4.78 is 18.8. The van der Waals surface area contributed by atoms with Gasteiger partial charge in [0.2, 0.25) is 0 Å². The maximum atomic E-state index is 13.4. The molecule has 0 bridgehead atoms. The molecule has 1 amide bonds. The van der Waals surface area contributed by atoms with Gasteiger partial charge in [-0.1, -0.05) is 18.2 Å². The van der Waals surface area contributed by atoms with Gasteiger partial charge in [-0.3, -0.25) is 4.79 Å². The van der Waals surface area contributed by atoms with Crippen molar-refractivity contribution in [2.45, 2.75) is 10.6 Å². The predicted octanol–water partition coefficient (Wildman–Crippen LogP) is 3.39. The standard InChI is InChI=1S/C23H21N3O4S/c27-23(25-7-9-28-10-8-25)21-17-14-31-20-4-2-1-3-16(20)22(17)26(24-21)15-5-6-18-19(13-15)30-12-11-29-18/h1-6,13H,7-12,14H2. The van der Waals surface area contributed by atoms with E-state index in [4.69, 9.17) is 19.3 Å². The maximum absolute atomic E-state index is 13.4. The number of benzene rings is 2. The molecule has 8 heteroatoms. The number of morpholine rings is 1. The minimum absolute atomic E-state index is 0.0316. The third-order valence-corrected chi connectivity index (χ3v) is 6.87. The van der Waals surface area contributed by atoms with E-state index in [0.29, 0.717) is 56.7 Å². The largest absolute Gasteiger partial charge is 0.486 e. The number of carbonyl (C=O) groups is 1. The molecule has 4 heterocycles. The number of hydrogen-bond acceptors (Lipinski definition) is 6. The number of amides is 1. The van der Waals surface area contributed by atoms with Crippen LogP contribution in [0.5, 0.6) is 11.5 Å². The van der Waals surface area contributed by atoms with E-state index in [1.165, 1.54) is 4.90 Å². The lowest BCUT2D eigenvalue weighted by atomic mass is 10.0. The minimum Gasteiger partial charge on any atom is -0.486 e. The highest BCUT2D eigenvalue weighted by atomic mass is 32.2. The van der Waals surface area contributed by atoms with Crippen molar-refractivity contribution in [2.24, 2.45) is 0 Å². The zero-order chi connectivity index (χ0) is 20.8. The second-order valence-corrected chi connectivity index (χ2v) is 8.62. The smallest absolute Gasteiger partial charge is 0.274 e. The van der Waals surface area contributed by atoms with E-state index in [0.717, 1.165) is 28.3 Å². The summed E-state index contributed by atoms with van der Waals surface area (Å²) in [6.45, 7) is 3.38. The van der Waals surface area contributed by atoms with Crippen LogP contribution in [0.25, 0.3) is 16.9 Å². The molecule has 1 saturated heterocycles. The van der Waals surface area contributed by atoms with Crippen LogP contribution in [0.3, 0.4) is 0 Å². The monoisotopic (exact) mass is 435 g/mol. The molecule has 7 nitrogen and oxygen atoms in total. The Morgan fingerprint density at radius 3 is 2.65 bits per heavy atom. The number of ether oxygens (including phenoxy) is 3. The van der Waals surface area contributed by atoms with E-state index >= 15 is 0 Å². The van der Waals surface area contributed by atoms with E-state index in [9.17, 15) is 4.79 Å². The van der Waals surface area contributed by atoms with Crippen LogP contribution in [0.2, 0.25) is 0 Å². The number of aromatic nitrogens is 2. The number of nitrogens with zero attached hydrogens (tertiary/aromatic N) is 3. The fraction of sp³-hybridized carbons (Fsp3) is 0.304. The minimum atomic E-state index is -0.0316. The van der Waals surface area contributed by atoms with E-state index in [2.05, 4.69) is 12.1 Å². The molecular formula is C23H21N3O4S. The number of rotatable bonds is 2. The molecule has 0 unspecified atom stereocenters. The average Bonchev–Trinajstić information content (AvgIpc) is 3.24. The Balaban J connectivity index is 1.51. The molecule has 0 N–H and O–H groups in total. The molecule has 0 spiro atoms. The molecule has 3 aliphatic heterocycles. The van der Waals surface area contributed by atoms with Gasteiger partial charge in [0.05, 0.1) is 24.6 Å². The van der Waals surface area contributed by atoms with Crippen molar-refractivity contribution in [1.29, 1.82) is 0 Å². The summed E-state index contributed by atoms with van der Waals surface area (Å²) in [5, 5.41) is 4.86. The van der Waals surface area contributed by atoms with Crippen LogP contribution in [0.1, 0.15) is 16.1 Å². The summed E-state index contributed by atoms with van der Waals surface area (Å²) in [5.41, 5.74) is 4.42. The molecule has 6 rings (SSSR count). The molecule has 1 fully saturated rings. The number of thioether (sulfide) groups is 1. The average molecular weight is 436 g/mol. The fourth-order valence-electron chi connectivity index (χ4n) is 4.24. The van der Waals surface area contributed by atoms with Crippen molar-refractivity contribution in [3.63, 3.8) is 0 Å². The lowest BCUT2D eigenvalue weighted by molar-refractivity contribution is 0.0298. The van der Waals surface area contributed by atoms with Gasteiger partial charge in [-0.2, -0.15) is 5.10 Å². The molecule has 3 aromatic rings. The van der Waals surface area contributed by atoms with Gasteiger partial charge in [-0.05, 0) is 18.2 Å². The Morgan fingerprint density at radius 2 is 1.77 bits per heavy atom. The molecular weight excluding hydrogens is 414 g/mol. The molecule has 1 aromatic heterocycles. The van der Waals surface area contributed by atoms with Crippen LogP contribution in [0.15, 0.2) is 47.4 Å². The van der Waals surface area contributed by atoms with Gasteiger partial charge in [-0.15, -0.1) is 11.8 Å². The Bertz CT molecular complexity index is 1170. The maximum Gasteiger partial charge on any atom is 0.274 e. The lowest BCUT2D eigenvalue weighted by Gasteiger charge is -2.26. The van der Waals surface area contributed by atoms with Gasteiger partial charge in [0, 0.05) is 40.9 Å². The Morgan fingerprint density at radius 1 is 0.968 bits per heavy atom. The van der Waals surface area contributed by atoms with E-state index < -0.39 is 0 Å². The van der Waals surface area contributed by atoms with Crippen LogP contribution in [-0.2, 0) is 10.5 Å². The van der Waals surface area contributed by atoms with Crippen molar-refractivity contribution in [3.05, 3.63) is 53.7 Å². The van der Waals surface area contributed by atoms with Crippen molar-refractivity contribution in [3.8, 4) is 28.4 Å². The molecule has 158 valence electrons. The molecule has 3 aliphatic rings. The summed E-state index contributed by atoms with van der Waals surface area (Å²) in [6.07, 6.45) is 0. The summed E-state index contributed by atoms with van der Waals surface area (Å²) in [7, 11) is 0. The van der Waals surface area contributed by atoms with E-state index in [1.54, 1.807) is 11.8 Å². The number of hydrogen-bond donors (Lipinski definition) is 0. The highest BCUT2D eigenvalue weighted by Crippen LogP contribution is 2.44. The Labute approximate surface area is 183 Å². The zero-order valence-electron chi connectivity index (χ0n) is 16.9. The van der Waals surface area contributed by atoms with Crippen molar-refractivity contribution >= 4 is 17.7 Å². The van der Waals surface area contributed by atoms with Crippen molar-refractivity contribution in [2.75, 3.05) is 39.5 Å². The van der Waals surface area contributed by atoms with Crippen LogP contribution < -0.4 is 9.47 Å². The Hall–Kier alpha value is -2.97. The van der Waals surface area contributed by atoms with Gasteiger partial charge in [-0.25, -0.2) is 4.68 Å². The second kappa shape index (κ2) is 7.62. The van der Waals surface area contributed by atoms with Crippen molar-refractivity contribution < 1.29 is 19.0 Å². The predicted molar refractivity (Wildman–Crippen MR) is 116 cm³/mol. The first-order valence-electron chi connectivity index (χ1n) is 10.4. The second-order valence-electron chi connectivity index (χ2n) is 7.60. The van der Waals surface area contributed by atoms with Crippen LogP contribution >= 0.6 is 11.8 Å². The van der Waals surface area contributed by atoms with Gasteiger partial charge >= 0.3 is 0 Å². The number of fused-ring (bicyclic) bond motifs is 4. The molecule has 0 radical (unpaired) electrons. The zero-order valence-corrected chi connectivity index (χ0v) is 17.7. The summed E-state index contributed by atoms with van der Waals surface area (Å²) in [5.74, 6) is 2.11. The first kappa shape index (κ1) is 18.8. The van der Waals surface area contributed by atoms with Gasteiger partial charge in [0.25, 0.3) is 5.91 Å². The summed E-state index contributed by atoms with van der Waals surface area (Å²) >= 11 is 1.75. The van der Waals surface area contributed by atoms with Crippen LogP contribution in [-0.4, -0.2) is 60.1 Å². The molecule has 0 atom stereocenters. The molecule has 31 heavy (non-hydrogen) atoms. The third kappa shape index (κ3) is 3.18. The first-order valence-corrected chi connectivity index (χ1v) is 11.4. The lowest BCUT2D eigenvalue weighted by Crippen LogP contribution is -2.41. The molecule has 0 aliphatic carbocycles. The number of carbonyl (C=O) groups excluding carboxylic acids is 1. The quantitative estimate of drug-likeness (QED) is 0.615. The Kier molecular flexibility index (Phi) is 4.61. The third-order valence-electron chi connectivity index (χ3n) is 5.77. The highest BCUT2D eigenvalue weighted by Gasteiger charge is 2.32. The van der Waals surface area contributed by atoms with Gasteiger partial charge in [0.1, 0.15) is 13.2 Å². The summed E-state index contributed by atoms with van der Waals surface area (Å²) in [4.78, 5) is 16.4. The highest BCUT2D eigenvalue weighted by molar-refractivity contribution is 7.98. The van der Waals surface area contributed by atoms with Crippen LogP contribution in [0.4, 0.5) is 0 Å². The van der Waals surface area contributed by atoms with E-state index in [1.807, 2.05) is 39.9 Å². The van der Waals surface area contributed by atoms with Gasteiger partial charge in [0.15, 0.2) is 17.2 Å². The van der Waals surface area contributed by atoms with Crippen LogP contribution in [0, 0.1) is 0 Å². The molecule has 0 saturated carbocycles. The topological polar surface area (TPSA) is 65.8 Å². The normalized spacial score (nSPS) is 17.1. The molecule has 2 aromatic carbocycles. The van der Waals surface area contributed by atoms with Gasteiger partial charge < -0.3 is 19.1 Å². The fourth-order valence-corrected chi connectivity index (χ4v) is 5.31.